The van der Waals surface area contributed by atoms with Gasteiger partial charge in [0.05, 0.1) is 35.0 Å². The quantitative estimate of drug-likeness (QED) is 0.631. The van der Waals surface area contributed by atoms with Crippen LogP contribution in [0.25, 0.3) is 0 Å². The smallest absolute Gasteiger partial charge is 0.299 e. The normalized spacial score (nSPS) is 18.7. The summed E-state index contributed by atoms with van der Waals surface area (Å²) in [5, 5.41) is 30.9. The molecule has 9 nitrogen and oxygen atoms in total. The number of hydrogen-bond acceptors (Lipinski definition) is 6. The second-order valence-electron chi connectivity index (χ2n) is 4.05. The average molecular weight is 267 g/mol. The molecule has 1 unspecified atom stereocenters. The van der Waals surface area contributed by atoms with Crippen molar-refractivity contribution < 1.29 is 19.7 Å². The first-order chi connectivity index (χ1) is 8.90. The van der Waals surface area contributed by atoms with Gasteiger partial charge in [0.1, 0.15) is 5.69 Å². The minimum Gasteiger partial charge on any atom is -0.391 e. The minimum absolute atomic E-state index is 0.0443. The molecule has 1 aliphatic heterocycles. The maximum Gasteiger partial charge on any atom is 0.299 e. The number of non-ortho nitro benzene ring substituents is 1. The molecule has 19 heavy (non-hydrogen) atoms. The monoisotopic (exact) mass is 267 g/mol. The highest BCUT2D eigenvalue weighted by Gasteiger charge is 2.34. The number of β-amino-alcohol motifs (C(OH)–C–C–N with tert-alkyl or cyclic N) is 1. The average Bonchev–Trinajstić information content (AvgIpc) is 2.67. The van der Waals surface area contributed by atoms with Crippen molar-refractivity contribution in [2.45, 2.75) is 12.5 Å². The highest BCUT2D eigenvalue weighted by Crippen LogP contribution is 2.34. The zero-order valence-electron chi connectivity index (χ0n) is 9.55. The van der Waals surface area contributed by atoms with E-state index < -0.39 is 33.2 Å². The molecule has 0 saturated carbocycles. The van der Waals surface area contributed by atoms with Crippen LogP contribution in [0.15, 0.2) is 18.2 Å². The predicted molar refractivity (Wildman–Crippen MR) is 62.7 cm³/mol. The van der Waals surface area contributed by atoms with Gasteiger partial charge in [-0.05, 0) is 6.07 Å². The maximum atomic E-state index is 11.6. The van der Waals surface area contributed by atoms with Gasteiger partial charge >= 0.3 is 0 Å². The van der Waals surface area contributed by atoms with E-state index in [0.29, 0.717) is 0 Å². The lowest BCUT2D eigenvalue weighted by atomic mass is 10.2. The van der Waals surface area contributed by atoms with Crippen LogP contribution in [0.5, 0.6) is 0 Å². The molecule has 9 heteroatoms. The van der Waals surface area contributed by atoms with E-state index in [1.807, 2.05) is 0 Å². The lowest BCUT2D eigenvalue weighted by Gasteiger charge is -2.15. The Kier molecular flexibility index (Phi) is 3.13. The van der Waals surface area contributed by atoms with E-state index >= 15 is 0 Å². The molecular formula is C10H9N3O6. The minimum atomic E-state index is -0.887. The zero-order valence-corrected chi connectivity index (χ0v) is 9.55. The van der Waals surface area contributed by atoms with E-state index in [4.69, 9.17) is 0 Å². The molecular weight excluding hydrogens is 258 g/mol. The Labute approximate surface area is 106 Å². The first-order valence-electron chi connectivity index (χ1n) is 5.31. The van der Waals surface area contributed by atoms with Gasteiger partial charge in [0, 0.05) is 6.07 Å². The van der Waals surface area contributed by atoms with E-state index in [1.54, 1.807) is 0 Å². The first-order valence-corrected chi connectivity index (χ1v) is 5.31. The number of carbonyl (C=O) groups is 1. The lowest BCUT2D eigenvalue weighted by Crippen LogP contribution is -2.26. The summed E-state index contributed by atoms with van der Waals surface area (Å²) in [4.78, 5) is 32.6. The standard InChI is InChI=1S/C10H9N3O6/c14-7-4-10(15)11(5-7)8-2-1-6(12(16)17)3-9(8)13(18)19/h1-3,7,14H,4-5H2. The molecule has 1 saturated heterocycles. The lowest BCUT2D eigenvalue weighted by molar-refractivity contribution is -0.393. The molecule has 1 atom stereocenters. The van der Waals surface area contributed by atoms with Crippen molar-refractivity contribution in [1.82, 2.24) is 0 Å². The van der Waals surface area contributed by atoms with Gasteiger partial charge in [-0.25, -0.2) is 0 Å². The zero-order chi connectivity index (χ0) is 14.2. The molecule has 1 N–H and O–H groups in total. The van der Waals surface area contributed by atoms with Gasteiger partial charge < -0.3 is 10.0 Å². The number of aliphatic hydroxyl groups is 1. The molecule has 0 spiro atoms. The summed E-state index contributed by atoms with van der Waals surface area (Å²) >= 11 is 0. The molecule has 0 radical (unpaired) electrons. The molecule has 1 amide bonds. The van der Waals surface area contributed by atoms with Crippen LogP contribution in [0.2, 0.25) is 0 Å². The molecule has 1 aromatic carbocycles. The first kappa shape index (κ1) is 12.9. The number of nitro benzene ring substituents is 2. The Morgan fingerprint density at radius 1 is 1.26 bits per heavy atom. The van der Waals surface area contributed by atoms with Crippen molar-refractivity contribution in [2.24, 2.45) is 0 Å². The summed E-state index contributed by atoms with van der Waals surface area (Å²) in [6.07, 6.45) is -1.00. The number of aliphatic hydroxyl groups excluding tert-OH is 1. The number of anilines is 1. The third-order valence-electron chi connectivity index (χ3n) is 2.76. The molecule has 1 aliphatic rings. The molecule has 2 rings (SSSR count). The van der Waals surface area contributed by atoms with E-state index in [2.05, 4.69) is 0 Å². The predicted octanol–water partition coefficient (Wildman–Crippen LogP) is 0.601. The van der Waals surface area contributed by atoms with E-state index in [0.717, 1.165) is 23.1 Å². The third-order valence-corrected chi connectivity index (χ3v) is 2.76. The van der Waals surface area contributed by atoms with Crippen LogP contribution < -0.4 is 4.90 Å². The van der Waals surface area contributed by atoms with Crippen molar-refractivity contribution in [3.05, 3.63) is 38.4 Å². The molecule has 0 aromatic heterocycles. The maximum absolute atomic E-state index is 11.6. The molecule has 1 aromatic rings. The second-order valence-corrected chi connectivity index (χ2v) is 4.05. The van der Waals surface area contributed by atoms with E-state index in [-0.39, 0.29) is 18.7 Å². The summed E-state index contributed by atoms with van der Waals surface area (Å²) in [7, 11) is 0. The van der Waals surface area contributed by atoms with Gasteiger partial charge in [-0.3, -0.25) is 25.0 Å². The van der Waals surface area contributed by atoms with E-state index in [9.17, 15) is 30.1 Å². The fraction of sp³-hybridized carbons (Fsp3) is 0.300. The van der Waals surface area contributed by atoms with Gasteiger partial charge in [0.2, 0.25) is 5.91 Å². The molecule has 0 aliphatic carbocycles. The van der Waals surface area contributed by atoms with Gasteiger partial charge in [-0.1, -0.05) is 0 Å². The Balaban J connectivity index is 2.48. The van der Waals surface area contributed by atoms with Crippen molar-refractivity contribution in [3.63, 3.8) is 0 Å². The van der Waals surface area contributed by atoms with Crippen LogP contribution in [-0.2, 0) is 4.79 Å². The summed E-state index contributed by atoms with van der Waals surface area (Å²) in [5.74, 6) is -0.454. The number of nitro groups is 2. The molecule has 0 bridgehead atoms. The van der Waals surface area contributed by atoms with Crippen molar-refractivity contribution >= 4 is 23.0 Å². The largest absolute Gasteiger partial charge is 0.391 e. The Hall–Kier alpha value is -2.55. The summed E-state index contributed by atoms with van der Waals surface area (Å²) in [5.41, 5.74) is -1.00. The van der Waals surface area contributed by atoms with Crippen molar-refractivity contribution in [1.29, 1.82) is 0 Å². The molecule has 100 valence electrons. The summed E-state index contributed by atoms with van der Waals surface area (Å²) in [6.45, 7) is -0.0581. The number of benzene rings is 1. The van der Waals surface area contributed by atoms with Crippen molar-refractivity contribution in [2.75, 3.05) is 11.4 Å². The van der Waals surface area contributed by atoms with Crippen LogP contribution in [0.4, 0.5) is 17.1 Å². The van der Waals surface area contributed by atoms with E-state index in [1.165, 1.54) is 0 Å². The third kappa shape index (κ3) is 2.36. The topological polar surface area (TPSA) is 127 Å². The summed E-state index contributed by atoms with van der Waals surface area (Å²) < 4.78 is 0. The van der Waals surface area contributed by atoms with Gasteiger partial charge in [-0.15, -0.1) is 0 Å². The van der Waals surface area contributed by atoms with Crippen molar-refractivity contribution in [3.8, 4) is 0 Å². The fourth-order valence-corrected chi connectivity index (χ4v) is 1.92. The number of nitrogens with zero attached hydrogens (tertiary/aromatic N) is 3. The molecule has 1 heterocycles. The number of hydrogen-bond donors (Lipinski definition) is 1. The summed E-state index contributed by atoms with van der Waals surface area (Å²) in [6, 6.07) is 3.03. The Morgan fingerprint density at radius 2 is 1.95 bits per heavy atom. The molecule has 1 fully saturated rings. The Morgan fingerprint density at radius 3 is 2.42 bits per heavy atom. The van der Waals surface area contributed by atoms with Crippen LogP contribution in [0.3, 0.4) is 0 Å². The van der Waals surface area contributed by atoms with Crippen LogP contribution in [0, 0.1) is 20.2 Å². The van der Waals surface area contributed by atoms with Crippen LogP contribution in [0.1, 0.15) is 6.42 Å². The van der Waals surface area contributed by atoms with Gasteiger partial charge in [0.15, 0.2) is 0 Å². The SMILES string of the molecule is O=C1CC(O)CN1c1ccc([N+](=O)[O-])cc1[N+](=O)[O-]. The number of amides is 1. The van der Waals surface area contributed by atoms with Crippen LogP contribution >= 0.6 is 0 Å². The Bertz CT molecular complexity index is 572. The fourth-order valence-electron chi connectivity index (χ4n) is 1.92. The highest BCUT2D eigenvalue weighted by atomic mass is 16.6. The number of carbonyl (C=O) groups excluding carboxylic acids is 1. The second kappa shape index (κ2) is 4.61. The number of rotatable bonds is 3. The van der Waals surface area contributed by atoms with Crippen LogP contribution in [-0.4, -0.2) is 33.5 Å². The van der Waals surface area contributed by atoms with Gasteiger partial charge in [0.25, 0.3) is 11.4 Å². The highest BCUT2D eigenvalue weighted by molar-refractivity contribution is 5.98. The van der Waals surface area contributed by atoms with Gasteiger partial charge in [-0.2, -0.15) is 0 Å².